The lowest BCUT2D eigenvalue weighted by Crippen LogP contribution is -2.46. The number of amides is 1. The molecule has 0 aliphatic carbocycles. The van der Waals surface area contributed by atoms with Crippen molar-refractivity contribution in [3.05, 3.63) is 30.1 Å². The Morgan fingerprint density at radius 2 is 1.96 bits per heavy atom. The maximum Gasteiger partial charge on any atom is 0.220 e. The standard InChI is InChI=1S/C20H31FN4OS.HI/c1-3-23-20(25-12-9-16(10-13-25)15-19(26)22-2)24-11-4-14-27-18-7-5-17(21)6-8-18;/h5-8,16H,3-4,9-15H2,1-2H3,(H,22,26)(H,23,24);1H. The normalized spacial score (nSPS) is 15.1. The summed E-state index contributed by atoms with van der Waals surface area (Å²) >= 11 is 1.73. The molecule has 28 heavy (non-hydrogen) atoms. The molecule has 1 heterocycles. The molecule has 2 rings (SSSR count). The fraction of sp³-hybridized carbons (Fsp3) is 0.600. The zero-order valence-corrected chi connectivity index (χ0v) is 19.9. The van der Waals surface area contributed by atoms with Gasteiger partial charge in [0.25, 0.3) is 0 Å². The van der Waals surface area contributed by atoms with E-state index in [1.54, 1.807) is 18.8 Å². The van der Waals surface area contributed by atoms with Crippen LogP contribution in [-0.2, 0) is 4.79 Å². The predicted molar refractivity (Wildman–Crippen MR) is 126 cm³/mol. The van der Waals surface area contributed by atoms with Crippen molar-refractivity contribution in [1.82, 2.24) is 15.5 Å². The number of benzene rings is 1. The van der Waals surface area contributed by atoms with Gasteiger partial charge < -0.3 is 15.5 Å². The summed E-state index contributed by atoms with van der Waals surface area (Å²) in [7, 11) is 1.70. The van der Waals surface area contributed by atoms with E-state index in [1.807, 2.05) is 12.1 Å². The second-order valence-corrected chi connectivity index (χ2v) is 7.87. The lowest BCUT2D eigenvalue weighted by Gasteiger charge is -2.34. The zero-order valence-electron chi connectivity index (χ0n) is 16.7. The number of carbonyl (C=O) groups excluding carboxylic acids is 1. The lowest BCUT2D eigenvalue weighted by molar-refractivity contribution is -0.121. The molecule has 1 amide bonds. The zero-order chi connectivity index (χ0) is 19.5. The number of nitrogens with one attached hydrogen (secondary N) is 2. The van der Waals surface area contributed by atoms with E-state index in [4.69, 9.17) is 4.99 Å². The maximum absolute atomic E-state index is 12.9. The first-order valence-electron chi connectivity index (χ1n) is 9.74. The minimum absolute atomic E-state index is 0. The van der Waals surface area contributed by atoms with Crippen molar-refractivity contribution in [2.45, 2.75) is 37.5 Å². The molecule has 0 spiro atoms. The molecule has 0 aromatic heterocycles. The van der Waals surface area contributed by atoms with Crippen molar-refractivity contribution < 1.29 is 9.18 Å². The molecular weight excluding hydrogens is 490 g/mol. The molecule has 1 aromatic rings. The number of piperidine rings is 1. The number of likely N-dealkylation sites (tertiary alicyclic amines) is 1. The number of thioether (sulfide) groups is 1. The first kappa shape index (κ1) is 25.0. The fourth-order valence-corrected chi connectivity index (χ4v) is 3.95. The van der Waals surface area contributed by atoms with E-state index in [0.717, 1.165) is 62.0 Å². The molecule has 1 aromatic carbocycles. The lowest BCUT2D eigenvalue weighted by atomic mass is 9.93. The van der Waals surface area contributed by atoms with E-state index in [9.17, 15) is 9.18 Å². The van der Waals surface area contributed by atoms with E-state index >= 15 is 0 Å². The Bertz CT molecular complexity index is 607. The van der Waals surface area contributed by atoms with Gasteiger partial charge in [0.2, 0.25) is 5.91 Å². The van der Waals surface area contributed by atoms with Gasteiger partial charge >= 0.3 is 0 Å². The Balaban J connectivity index is 0.00000392. The van der Waals surface area contributed by atoms with Gasteiger partial charge in [-0.05, 0) is 62.1 Å². The third-order valence-electron chi connectivity index (χ3n) is 4.65. The molecule has 0 atom stereocenters. The average Bonchev–Trinajstić information content (AvgIpc) is 2.69. The van der Waals surface area contributed by atoms with E-state index < -0.39 is 0 Å². The Morgan fingerprint density at radius 3 is 2.57 bits per heavy atom. The second kappa shape index (κ2) is 14.0. The van der Waals surface area contributed by atoms with Gasteiger partial charge in [0, 0.05) is 44.5 Å². The largest absolute Gasteiger partial charge is 0.359 e. The van der Waals surface area contributed by atoms with Crippen molar-refractivity contribution >= 4 is 47.6 Å². The third-order valence-corrected chi connectivity index (χ3v) is 5.75. The molecule has 2 N–H and O–H groups in total. The number of guanidine groups is 1. The highest BCUT2D eigenvalue weighted by molar-refractivity contribution is 14.0. The van der Waals surface area contributed by atoms with E-state index in [0.29, 0.717) is 12.3 Å². The molecule has 5 nitrogen and oxygen atoms in total. The van der Waals surface area contributed by atoms with Crippen molar-refractivity contribution in [2.75, 3.05) is 39.0 Å². The van der Waals surface area contributed by atoms with Crippen LogP contribution in [0.1, 0.15) is 32.6 Å². The molecule has 1 aliphatic rings. The smallest absolute Gasteiger partial charge is 0.220 e. The van der Waals surface area contributed by atoms with E-state index in [1.165, 1.54) is 12.1 Å². The quantitative estimate of drug-likeness (QED) is 0.180. The molecular formula is C20H32FIN4OS. The fourth-order valence-electron chi connectivity index (χ4n) is 3.11. The van der Waals surface area contributed by atoms with Gasteiger partial charge in [0.15, 0.2) is 5.96 Å². The monoisotopic (exact) mass is 522 g/mol. The minimum Gasteiger partial charge on any atom is -0.359 e. The van der Waals surface area contributed by atoms with Gasteiger partial charge in [-0.3, -0.25) is 9.79 Å². The SMILES string of the molecule is CCNC(=NCCCSc1ccc(F)cc1)N1CCC(CC(=O)NC)CC1.I. The summed E-state index contributed by atoms with van der Waals surface area (Å²) < 4.78 is 12.9. The first-order chi connectivity index (χ1) is 13.1. The minimum atomic E-state index is -0.196. The molecule has 0 radical (unpaired) electrons. The van der Waals surface area contributed by atoms with Gasteiger partial charge in [-0.1, -0.05) is 0 Å². The van der Waals surface area contributed by atoms with Crippen LogP contribution in [0.15, 0.2) is 34.2 Å². The van der Waals surface area contributed by atoms with Crippen LogP contribution in [0.2, 0.25) is 0 Å². The van der Waals surface area contributed by atoms with Crippen molar-refractivity contribution in [3.63, 3.8) is 0 Å². The van der Waals surface area contributed by atoms with Gasteiger partial charge in [0.05, 0.1) is 0 Å². The summed E-state index contributed by atoms with van der Waals surface area (Å²) in [6, 6.07) is 6.63. The summed E-state index contributed by atoms with van der Waals surface area (Å²) in [5, 5.41) is 6.09. The number of hydrogen-bond donors (Lipinski definition) is 2. The van der Waals surface area contributed by atoms with Gasteiger partial charge in [-0.15, -0.1) is 35.7 Å². The van der Waals surface area contributed by atoms with Crippen LogP contribution in [0.25, 0.3) is 0 Å². The van der Waals surface area contributed by atoms with E-state index in [2.05, 4.69) is 22.5 Å². The van der Waals surface area contributed by atoms with Crippen LogP contribution in [-0.4, -0.2) is 55.7 Å². The number of aliphatic imine (C=N–C) groups is 1. The Morgan fingerprint density at radius 1 is 1.29 bits per heavy atom. The summed E-state index contributed by atoms with van der Waals surface area (Å²) in [6.07, 6.45) is 3.65. The van der Waals surface area contributed by atoms with Crippen molar-refractivity contribution in [1.29, 1.82) is 0 Å². The Labute approximate surface area is 189 Å². The van der Waals surface area contributed by atoms with Crippen LogP contribution in [0, 0.1) is 11.7 Å². The Kier molecular flexibility index (Phi) is 12.5. The van der Waals surface area contributed by atoms with Gasteiger partial charge in [0.1, 0.15) is 5.82 Å². The molecule has 1 fully saturated rings. The molecule has 1 saturated heterocycles. The van der Waals surface area contributed by atoms with Gasteiger partial charge in [-0.2, -0.15) is 0 Å². The van der Waals surface area contributed by atoms with Crippen molar-refractivity contribution in [2.24, 2.45) is 10.9 Å². The van der Waals surface area contributed by atoms with Gasteiger partial charge in [-0.25, -0.2) is 4.39 Å². The van der Waals surface area contributed by atoms with Crippen LogP contribution in [0.5, 0.6) is 0 Å². The van der Waals surface area contributed by atoms with E-state index in [-0.39, 0.29) is 35.7 Å². The number of rotatable bonds is 8. The maximum atomic E-state index is 12.9. The van der Waals surface area contributed by atoms with Crippen LogP contribution in [0.3, 0.4) is 0 Å². The van der Waals surface area contributed by atoms with Crippen molar-refractivity contribution in [3.8, 4) is 0 Å². The number of carbonyl (C=O) groups is 1. The Hall–Kier alpha value is -1.03. The highest BCUT2D eigenvalue weighted by atomic mass is 127. The first-order valence-corrected chi connectivity index (χ1v) is 10.7. The molecule has 158 valence electrons. The molecule has 0 bridgehead atoms. The molecule has 1 aliphatic heterocycles. The molecule has 0 saturated carbocycles. The predicted octanol–water partition coefficient (Wildman–Crippen LogP) is 3.74. The summed E-state index contributed by atoms with van der Waals surface area (Å²) in [6.45, 7) is 5.59. The topological polar surface area (TPSA) is 56.7 Å². The number of hydrogen-bond acceptors (Lipinski definition) is 3. The molecule has 0 unspecified atom stereocenters. The second-order valence-electron chi connectivity index (χ2n) is 6.70. The number of halogens is 2. The highest BCUT2D eigenvalue weighted by Gasteiger charge is 2.22. The number of nitrogens with zero attached hydrogens (tertiary/aromatic N) is 2. The highest BCUT2D eigenvalue weighted by Crippen LogP contribution is 2.21. The average molecular weight is 522 g/mol. The third kappa shape index (κ3) is 8.98. The summed E-state index contributed by atoms with van der Waals surface area (Å²) in [4.78, 5) is 19.7. The van der Waals surface area contributed by atoms with Crippen LogP contribution < -0.4 is 10.6 Å². The summed E-state index contributed by atoms with van der Waals surface area (Å²) in [5.41, 5.74) is 0. The van der Waals surface area contributed by atoms with Crippen LogP contribution >= 0.6 is 35.7 Å². The molecule has 8 heteroatoms. The van der Waals surface area contributed by atoms with Crippen LogP contribution in [0.4, 0.5) is 4.39 Å². The summed E-state index contributed by atoms with van der Waals surface area (Å²) in [5.74, 6) is 2.34.